The lowest BCUT2D eigenvalue weighted by atomic mass is 10.1. The molecule has 8 heteroatoms. The van der Waals surface area contributed by atoms with Gasteiger partial charge in [0.05, 0.1) is 0 Å². The van der Waals surface area contributed by atoms with Gasteiger partial charge in [-0.05, 0) is 37.5 Å². The standard InChI is InChI=1S/C17H20ClN3O3S/c1-12-16(13-5-7-14(18)8-6-13)25(23,24)20-17(12)19-9-3-11-21-10-2-4-15(21)22/h5-8H,2-4,9-11H2,1H3,(H,19,20). The van der Waals surface area contributed by atoms with E-state index in [0.29, 0.717) is 47.9 Å². The van der Waals surface area contributed by atoms with Crippen molar-refractivity contribution in [3.05, 3.63) is 40.4 Å². The summed E-state index contributed by atoms with van der Waals surface area (Å²) in [5.41, 5.74) is 1.18. The minimum absolute atomic E-state index is 0.190. The van der Waals surface area contributed by atoms with Gasteiger partial charge in [-0.25, -0.2) is 8.42 Å². The van der Waals surface area contributed by atoms with Crippen LogP contribution >= 0.6 is 11.6 Å². The zero-order valence-corrected chi connectivity index (χ0v) is 15.5. The van der Waals surface area contributed by atoms with Crippen LogP contribution in [0.3, 0.4) is 0 Å². The predicted molar refractivity (Wildman–Crippen MR) is 98.8 cm³/mol. The molecular formula is C17H20ClN3O3S. The van der Waals surface area contributed by atoms with Gasteiger partial charge in [-0.2, -0.15) is 0 Å². The lowest BCUT2D eigenvalue weighted by Crippen LogP contribution is -2.27. The summed E-state index contributed by atoms with van der Waals surface area (Å²) >= 11 is 5.87. The Bertz CT molecular complexity index is 844. The highest BCUT2D eigenvalue weighted by atomic mass is 35.5. The number of benzene rings is 1. The second-order valence-electron chi connectivity index (χ2n) is 6.13. The van der Waals surface area contributed by atoms with E-state index in [1.165, 1.54) is 0 Å². The number of hydrogen-bond acceptors (Lipinski definition) is 4. The van der Waals surface area contributed by atoms with Gasteiger partial charge in [-0.3, -0.25) is 14.5 Å². The van der Waals surface area contributed by atoms with Crippen LogP contribution in [0.2, 0.25) is 5.02 Å². The summed E-state index contributed by atoms with van der Waals surface area (Å²) in [5, 5.41) is 0.552. The van der Waals surface area contributed by atoms with Crippen molar-refractivity contribution in [1.29, 1.82) is 0 Å². The molecule has 25 heavy (non-hydrogen) atoms. The molecule has 1 N–H and O–H groups in total. The van der Waals surface area contributed by atoms with E-state index in [9.17, 15) is 13.2 Å². The fraction of sp³-hybridized carbons (Fsp3) is 0.412. The van der Waals surface area contributed by atoms with Crippen LogP contribution in [0.1, 0.15) is 31.7 Å². The van der Waals surface area contributed by atoms with E-state index in [0.717, 1.165) is 13.0 Å². The van der Waals surface area contributed by atoms with Crippen molar-refractivity contribution in [2.75, 3.05) is 19.6 Å². The van der Waals surface area contributed by atoms with Crippen LogP contribution in [-0.4, -0.2) is 44.7 Å². The van der Waals surface area contributed by atoms with Crippen molar-refractivity contribution in [1.82, 2.24) is 9.62 Å². The van der Waals surface area contributed by atoms with E-state index in [-0.39, 0.29) is 10.8 Å². The molecule has 0 saturated carbocycles. The molecule has 6 nitrogen and oxygen atoms in total. The number of aliphatic imine (C=N–C) groups is 1. The molecule has 0 aromatic heterocycles. The van der Waals surface area contributed by atoms with Gasteiger partial charge in [0, 0.05) is 36.7 Å². The first kappa shape index (κ1) is 17.9. The Morgan fingerprint density at radius 2 is 2.00 bits per heavy atom. The number of halogens is 1. The van der Waals surface area contributed by atoms with E-state index in [1.54, 1.807) is 31.2 Å². The number of nitrogens with zero attached hydrogens (tertiary/aromatic N) is 2. The lowest BCUT2D eigenvalue weighted by molar-refractivity contribution is -0.127. The van der Waals surface area contributed by atoms with Gasteiger partial charge < -0.3 is 4.90 Å². The summed E-state index contributed by atoms with van der Waals surface area (Å²) in [7, 11) is -3.62. The van der Waals surface area contributed by atoms with Crippen LogP contribution in [0, 0.1) is 0 Å². The van der Waals surface area contributed by atoms with Gasteiger partial charge in [0.2, 0.25) is 5.91 Å². The Morgan fingerprint density at radius 1 is 1.28 bits per heavy atom. The highest BCUT2D eigenvalue weighted by Crippen LogP contribution is 2.30. The van der Waals surface area contributed by atoms with E-state index >= 15 is 0 Å². The minimum atomic E-state index is -3.62. The van der Waals surface area contributed by atoms with Crippen molar-refractivity contribution >= 4 is 38.3 Å². The van der Waals surface area contributed by atoms with Crippen LogP contribution < -0.4 is 4.72 Å². The predicted octanol–water partition coefficient (Wildman–Crippen LogP) is 2.42. The van der Waals surface area contributed by atoms with Crippen LogP contribution in [0.25, 0.3) is 4.91 Å². The molecule has 1 saturated heterocycles. The molecule has 134 valence electrons. The number of rotatable bonds is 5. The Morgan fingerprint density at radius 3 is 2.64 bits per heavy atom. The number of sulfonamides is 1. The van der Waals surface area contributed by atoms with E-state index < -0.39 is 10.0 Å². The molecule has 2 heterocycles. The van der Waals surface area contributed by atoms with Crippen LogP contribution in [0.15, 0.2) is 34.8 Å². The average Bonchev–Trinajstić information content (AvgIpc) is 3.06. The third-order valence-electron chi connectivity index (χ3n) is 4.33. The maximum absolute atomic E-state index is 12.4. The van der Waals surface area contributed by atoms with Crippen molar-refractivity contribution in [2.24, 2.45) is 4.99 Å². The minimum Gasteiger partial charge on any atom is -0.343 e. The first-order chi connectivity index (χ1) is 11.9. The van der Waals surface area contributed by atoms with Gasteiger partial charge in [-0.15, -0.1) is 0 Å². The molecule has 1 amide bonds. The maximum Gasteiger partial charge on any atom is 0.264 e. The second kappa shape index (κ2) is 7.17. The first-order valence-corrected chi connectivity index (χ1v) is 10.1. The van der Waals surface area contributed by atoms with Gasteiger partial charge in [0.1, 0.15) is 10.7 Å². The molecular weight excluding hydrogens is 362 g/mol. The van der Waals surface area contributed by atoms with Gasteiger partial charge in [0.25, 0.3) is 10.0 Å². The Hall–Kier alpha value is -1.86. The van der Waals surface area contributed by atoms with Crippen LogP contribution in [-0.2, 0) is 14.8 Å². The normalized spacial score (nSPS) is 21.3. The topological polar surface area (TPSA) is 78.8 Å². The summed E-state index contributed by atoms with van der Waals surface area (Å²) in [6, 6.07) is 6.69. The second-order valence-corrected chi connectivity index (χ2v) is 8.19. The molecule has 1 aromatic carbocycles. The quantitative estimate of drug-likeness (QED) is 0.795. The van der Waals surface area contributed by atoms with Gasteiger partial charge >= 0.3 is 0 Å². The molecule has 0 unspecified atom stereocenters. The van der Waals surface area contributed by atoms with Crippen molar-refractivity contribution < 1.29 is 13.2 Å². The summed E-state index contributed by atoms with van der Waals surface area (Å²) in [6.07, 6.45) is 2.25. The largest absolute Gasteiger partial charge is 0.343 e. The lowest BCUT2D eigenvalue weighted by Gasteiger charge is -2.14. The Labute approximate surface area is 152 Å². The summed E-state index contributed by atoms with van der Waals surface area (Å²) in [4.78, 5) is 18.0. The zero-order chi connectivity index (χ0) is 18.0. The molecule has 1 fully saturated rings. The number of carbonyl (C=O) groups excluding carboxylic acids is 1. The number of carbonyl (C=O) groups is 1. The maximum atomic E-state index is 12.4. The number of hydrogen-bond donors (Lipinski definition) is 1. The third kappa shape index (κ3) is 3.88. The molecule has 1 aromatic rings. The number of likely N-dealkylation sites (tertiary alicyclic amines) is 1. The Kier molecular flexibility index (Phi) is 5.15. The smallest absolute Gasteiger partial charge is 0.264 e. The monoisotopic (exact) mass is 381 g/mol. The van der Waals surface area contributed by atoms with Crippen LogP contribution in [0.5, 0.6) is 0 Å². The summed E-state index contributed by atoms with van der Waals surface area (Å²) in [6.45, 7) is 3.67. The molecule has 0 bridgehead atoms. The van der Waals surface area contributed by atoms with Gasteiger partial charge in [0.15, 0.2) is 0 Å². The SMILES string of the molecule is CC1=C(c2ccc(Cl)cc2)S(=O)(=O)NC1=NCCCN1CCCC1=O. The third-order valence-corrected chi connectivity index (χ3v) is 6.12. The van der Waals surface area contributed by atoms with Crippen molar-refractivity contribution in [3.8, 4) is 0 Å². The van der Waals surface area contributed by atoms with E-state index in [2.05, 4.69) is 9.71 Å². The average molecular weight is 382 g/mol. The summed E-state index contributed by atoms with van der Waals surface area (Å²) < 4.78 is 27.3. The molecule has 2 aliphatic rings. The molecule has 0 radical (unpaired) electrons. The van der Waals surface area contributed by atoms with Gasteiger partial charge in [-0.1, -0.05) is 23.7 Å². The van der Waals surface area contributed by atoms with E-state index in [1.807, 2.05) is 4.90 Å². The first-order valence-electron chi connectivity index (χ1n) is 8.21. The van der Waals surface area contributed by atoms with Crippen LogP contribution in [0.4, 0.5) is 0 Å². The number of nitrogens with one attached hydrogen (secondary N) is 1. The molecule has 0 atom stereocenters. The van der Waals surface area contributed by atoms with Crippen molar-refractivity contribution in [3.63, 3.8) is 0 Å². The number of amidine groups is 1. The fourth-order valence-corrected chi connectivity index (χ4v) is 4.73. The zero-order valence-electron chi connectivity index (χ0n) is 14.0. The molecule has 2 aliphatic heterocycles. The van der Waals surface area contributed by atoms with E-state index in [4.69, 9.17) is 11.6 Å². The summed E-state index contributed by atoms with van der Waals surface area (Å²) in [5.74, 6) is 0.563. The molecule has 0 spiro atoms. The van der Waals surface area contributed by atoms with Crippen molar-refractivity contribution in [2.45, 2.75) is 26.2 Å². The Balaban J connectivity index is 1.72. The fourth-order valence-electron chi connectivity index (χ4n) is 3.08. The number of amides is 1. The highest BCUT2D eigenvalue weighted by Gasteiger charge is 2.32. The highest BCUT2D eigenvalue weighted by molar-refractivity contribution is 8.00. The molecule has 0 aliphatic carbocycles. The molecule has 3 rings (SSSR count).